The number of nitrogens with two attached hydrogens (primary N) is 1. The summed E-state index contributed by atoms with van der Waals surface area (Å²) in [5.74, 6) is 1.26. The normalized spacial score (nSPS) is 22.1. The van der Waals surface area contributed by atoms with Gasteiger partial charge < -0.3 is 5.73 Å². The summed E-state index contributed by atoms with van der Waals surface area (Å²) < 4.78 is 0.453. The third-order valence-corrected chi connectivity index (χ3v) is 5.67. The SMILES string of the molecule is CCCCCCCC(CN)N1CCSC(C)(C)CC1. The van der Waals surface area contributed by atoms with Crippen molar-refractivity contribution in [3.63, 3.8) is 0 Å². The third-order valence-electron chi connectivity index (χ3n) is 4.30. The molecule has 1 rings (SSSR count). The largest absolute Gasteiger partial charge is 0.329 e. The van der Waals surface area contributed by atoms with Crippen molar-refractivity contribution in [3.05, 3.63) is 0 Å². The third kappa shape index (κ3) is 7.01. The van der Waals surface area contributed by atoms with Crippen LogP contribution in [0.2, 0.25) is 0 Å². The molecule has 0 radical (unpaired) electrons. The number of rotatable bonds is 8. The standard InChI is InChI=1S/C16H34N2S/c1-4-5-6-7-8-9-15(14-17)18-11-10-16(2,3)19-13-12-18/h15H,4-14,17H2,1-3H3. The van der Waals surface area contributed by atoms with Gasteiger partial charge >= 0.3 is 0 Å². The fourth-order valence-corrected chi connectivity index (χ4v) is 3.95. The van der Waals surface area contributed by atoms with E-state index in [2.05, 4.69) is 37.4 Å². The maximum Gasteiger partial charge on any atom is 0.0218 e. The van der Waals surface area contributed by atoms with Crippen LogP contribution in [0.5, 0.6) is 0 Å². The fraction of sp³-hybridized carbons (Fsp3) is 1.00. The highest BCUT2D eigenvalue weighted by Crippen LogP contribution is 2.31. The van der Waals surface area contributed by atoms with Crippen LogP contribution in [0.1, 0.15) is 65.7 Å². The first-order chi connectivity index (χ1) is 9.09. The molecule has 1 fully saturated rings. The van der Waals surface area contributed by atoms with Gasteiger partial charge in [0.2, 0.25) is 0 Å². The molecule has 114 valence electrons. The van der Waals surface area contributed by atoms with E-state index in [1.54, 1.807) is 0 Å². The molecule has 2 N–H and O–H groups in total. The Labute approximate surface area is 124 Å². The van der Waals surface area contributed by atoms with Crippen molar-refractivity contribution in [3.8, 4) is 0 Å². The second-order valence-corrected chi connectivity index (χ2v) is 8.29. The summed E-state index contributed by atoms with van der Waals surface area (Å²) >= 11 is 2.13. The van der Waals surface area contributed by atoms with Crippen molar-refractivity contribution in [2.75, 3.05) is 25.4 Å². The van der Waals surface area contributed by atoms with Crippen LogP contribution in [-0.2, 0) is 0 Å². The minimum atomic E-state index is 0.453. The Morgan fingerprint density at radius 2 is 1.89 bits per heavy atom. The molecule has 19 heavy (non-hydrogen) atoms. The molecule has 3 heteroatoms. The molecule has 0 bridgehead atoms. The van der Waals surface area contributed by atoms with Crippen LogP contribution in [0.25, 0.3) is 0 Å². The van der Waals surface area contributed by atoms with Crippen LogP contribution >= 0.6 is 11.8 Å². The predicted molar refractivity (Wildman–Crippen MR) is 88.9 cm³/mol. The van der Waals surface area contributed by atoms with E-state index >= 15 is 0 Å². The minimum absolute atomic E-state index is 0.453. The monoisotopic (exact) mass is 286 g/mol. The number of hydrogen-bond acceptors (Lipinski definition) is 3. The van der Waals surface area contributed by atoms with Gasteiger partial charge in [0.25, 0.3) is 0 Å². The van der Waals surface area contributed by atoms with Crippen LogP contribution in [0.4, 0.5) is 0 Å². The lowest BCUT2D eigenvalue weighted by Crippen LogP contribution is -2.42. The Morgan fingerprint density at radius 3 is 2.58 bits per heavy atom. The van der Waals surface area contributed by atoms with Crippen molar-refractivity contribution in [1.29, 1.82) is 0 Å². The summed E-state index contributed by atoms with van der Waals surface area (Å²) in [6, 6.07) is 0.621. The maximum absolute atomic E-state index is 6.01. The summed E-state index contributed by atoms with van der Waals surface area (Å²) in [4.78, 5) is 2.65. The highest BCUT2D eigenvalue weighted by Gasteiger charge is 2.26. The second-order valence-electron chi connectivity index (χ2n) is 6.49. The highest BCUT2D eigenvalue weighted by molar-refractivity contribution is 8.00. The molecule has 1 heterocycles. The van der Waals surface area contributed by atoms with E-state index in [1.165, 1.54) is 63.8 Å². The van der Waals surface area contributed by atoms with Gasteiger partial charge in [-0.25, -0.2) is 0 Å². The van der Waals surface area contributed by atoms with Gasteiger partial charge in [-0.2, -0.15) is 11.8 Å². The Balaban J connectivity index is 2.29. The predicted octanol–water partition coefficient (Wildman–Crippen LogP) is 3.89. The molecule has 0 spiro atoms. The summed E-state index contributed by atoms with van der Waals surface area (Å²) in [5, 5.41) is 0. The zero-order valence-electron chi connectivity index (χ0n) is 13.3. The quantitative estimate of drug-likeness (QED) is 0.686. The lowest BCUT2D eigenvalue weighted by atomic mass is 10.0. The number of hydrogen-bond donors (Lipinski definition) is 1. The second kappa shape index (κ2) is 9.25. The number of nitrogens with zero attached hydrogens (tertiary/aromatic N) is 1. The van der Waals surface area contributed by atoms with E-state index in [0.29, 0.717) is 10.8 Å². The molecule has 0 aliphatic carbocycles. The Kier molecular flexibility index (Phi) is 8.43. The van der Waals surface area contributed by atoms with Crippen LogP contribution in [0.3, 0.4) is 0 Å². The average Bonchev–Trinajstić information content (AvgIpc) is 2.55. The van der Waals surface area contributed by atoms with Crippen LogP contribution < -0.4 is 5.73 Å². The van der Waals surface area contributed by atoms with Gasteiger partial charge in [-0.05, 0) is 19.4 Å². The van der Waals surface area contributed by atoms with Crippen LogP contribution in [-0.4, -0.2) is 41.1 Å². The average molecular weight is 287 g/mol. The molecule has 0 aromatic carbocycles. The zero-order chi connectivity index (χ0) is 14.1. The molecule has 1 atom stereocenters. The summed E-state index contributed by atoms with van der Waals surface area (Å²) in [6.07, 6.45) is 9.46. The van der Waals surface area contributed by atoms with E-state index in [9.17, 15) is 0 Å². The van der Waals surface area contributed by atoms with E-state index < -0.39 is 0 Å². The van der Waals surface area contributed by atoms with Gasteiger partial charge in [0.05, 0.1) is 0 Å². The van der Waals surface area contributed by atoms with E-state index in [1.807, 2.05) is 0 Å². The maximum atomic E-state index is 6.01. The van der Waals surface area contributed by atoms with Crippen molar-refractivity contribution < 1.29 is 0 Å². The summed E-state index contributed by atoms with van der Waals surface area (Å²) in [6.45, 7) is 10.3. The number of thioether (sulfide) groups is 1. The molecule has 1 unspecified atom stereocenters. The summed E-state index contributed by atoms with van der Waals surface area (Å²) in [5.41, 5.74) is 6.01. The van der Waals surface area contributed by atoms with Gasteiger partial charge in [0.1, 0.15) is 0 Å². The minimum Gasteiger partial charge on any atom is -0.329 e. The van der Waals surface area contributed by atoms with Crippen molar-refractivity contribution in [1.82, 2.24) is 4.90 Å². The lowest BCUT2D eigenvalue weighted by Gasteiger charge is -2.30. The molecule has 1 saturated heterocycles. The first-order valence-electron chi connectivity index (χ1n) is 8.17. The van der Waals surface area contributed by atoms with Gasteiger partial charge in [0, 0.05) is 29.6 Å². The molecule has 2 nitrogen and oxygen atoms in total. The zero-order valence-corrected chi connectivity index (χ0v) is 14.1. The Hall–Kier alpha value is 0.270. The molecular formula is C16H34N2S. The van der Waals surface area contributed by atoms with Gasteiger partial charge in [-0.3, -0.25) is 4.90 Å². The molecule has 1 aliphatic heterocycles. The number of unbranched alkanes of at least 4 members (excludes halogenated alkanes) is 4. The first-order valence-corrected chi connectivity index (χ1v) is 9.15. The highest BCUT2D eigenvalue weighted by atomic mass is 32.2. The van der Waals surface area contributed by atoms with Gasteiger partial charge in [0.15, 0.2) is 0 Å². The van der Waals surface area contributed by atoms with E-state index in [4.69, 9.17) is 5.73 Å². The van der Waals surface area contributed by atoms with Crippen LogP contribution in [0, 0.1) is 0 Å². The van der Waals surface area contributed by atoms with Crippen molar-refractivity contribution in [2.45, 2.75) is 76.5 Å². The Bertz CT molecular complexity index is 231. The first kappa shape index (κ1) is 17.3. The molecule has 0 amide bonds. The van der Waals surface area contributed by atoms with Gasteiger partial charge in [-0.1, -0.05) is 52.9 Å². The molecule has 0 saturated carbocycles. The lowest BCUT2D eigenvalue weighted by molar-refractivity contribution is 0.195. The van der Waals surface area contributed by atoms with Crippen molar-refractivity contribution in [2.24, 2.45) is 5.73 Å². The van der Waals surface area contributed by atoms with Crippen LogP contribution in [0.15, 0.2) is 0 Å². The molecule has 0 aromatic rings. The molecule has 1 aliphatic rings. The van der Waals surface area contributed by atoms with E-state index in [-0.39, 0.29) is 0 Å². The topological polar surface area (TPSA) is 29.3 Å². The van der Waals surface area contributed by atoms with Gasteiger partial charge in [-0.15, -0.1) is 0 Å². The Morgan fingerprint density at radius 1 is 1.16 bits per heavy atom. The molecular weight excluding hydrogens is 252 g/mol. The summed E-state index contributed by atoms with van der Waals surface area (Å²) in [7, 11) is 0. The smallest absolute Gasteiger partial charge is 0.0218 e. The fourth-order valence-electron chi connectivity index (χ4n) is 2.83. The van der Waals surface area contributed by atoms with Crippen molar-refractivity contribution >= 4 is 11.8 Å². The molecule has 0 aromatic heterocycles. The van der Waals surface area contributed by atoms with E-state index in [0.717, 1.165) is 6.54 Å².